The van der Waals surface area contributed by atoms with Crippen LogP contribution in [0.15, 0.2) is 30.3 Å². The zero-order valence-electron chi connectivity index (χ0n) is 14.7. The Balaban J connectivity index is 0.00000208. The van der Waals surface area contributed by atoms with Gasteiger partial charge in [-0.2, -0.15) is 0 Å². The summed E-state index contributed by atoms with van der Waals surface area (Å²) in [4.78, 5) is 16.2. The van der Waals surface area contributed by atoms with E-state index in [2.05, 4.69) is 42.2 Å². The minimum Gasteiger partial charge on any atom is -0.368 e. The smallest absolute Gasteiger partial charge is 0.219 e. The third-order valence-electron chi connectivity index (χ3n) is 5.18. The van der Waals surface area contributed by atoms with Gasteiger partial charge in [-0.15, -0.1) is 12.4 Å². The number of halogens is 1. The van der Waals surface area contributed by atoms with Gasteiger partial charge in [0.15, 0.2) is 0 Å². The van der Waals surface area contributed by atoms with E-state index in [1.165, 1.54) is 5.56 Å². The van der Waals surface area contributed by atoms with E-state index in [1.807, 2.05) is 4.90 Å². The Bertz CT molecular complexity index is 529. The lowest BCUT2D eigenvalue weighted by molar-refractivity contribution is -0.178. The maximum Gasteiger partial charge on any atom is 0.219 e. The average Bonchev–Trinajstić information content (AvgIpc) is 2.55. The Morgan fingerprint density at radius 1 is 1.25 bits per heavy atom. The van der Waals surface area contributed by atoms with Crippen molar-refractivity contribution in [1.82, 2.24) is 9.80 Å². The minimum atomic E-state index is -0.118. The number of nitrogens with zero attached hydrogens (tertiary/aromatic N) is 2. The van der Waals surface area contributed by atoms with Gasteiger partial charge in [0.2, 0.25) is 5.91 Å². The average molecular weight is 353 g/mol. The van der Waals surface area contributed by atoms with Gasteiger partial charge < -0.3 is 14.5 Å². The van der Waals surface area contributed by atoms with Crippen LogP contribution in [0.25, 0.3) is 0 Å². The minimum absolute atomic E-state index is 0. The van der Waals surface area contributed by atoms with Gasteiger partial charge in [-0.05, 0) is 31.7 Å². The van der Waals surface area contributed by atoms with E-state index in [0.717, 1.165) is 52.0 Å². The van der Waals surface area contributed by atoms with Gasteiger partial charge in [0.25, 0.3) is 0 Å². The summed E-state index contributed by atoms with van der Waals surface area (Å²) in [5.74, 6) is 0.172. The molecule has 1 unspecified atom stereocenters. The van der Waals surface area contributed by atoms with E-state index >= 15 is 0 Å². The number of ether oxygens (including phenoxy) is 1. The molecule has 0 bridgehead atoms. The van der Waals surface area contributed by atoms with Crippen LogP contribution >= 0.6 is 12.4 Å². The van der Waals surface area contributed by atoms with Crippen molar-refractivity contribution < 1.29 is 9.53 Å². The second-order valence-corrected chi connectivity index (χ2v) is 7.09. The molecule has 1 spiro atoms. The summed E-state index contributed by atoms with van der Waals surface area (Å²) < 4.78 is 6.29. The number of piperidine rings is 1. The zero-order valence-corrected chi connectivity index (χ0v) is 15.6. The van der Waals surface area contributed by atoms with Crippen molar-refractivity contribution in [2.75, 3.05) is 32.7 Å². The molecule has 2 aliphatic rings. The number of hydrogen-bond acceptors (Lipinski definition) is 3. The highest BCUT2D eigenvalue weighted by molar-refractivity contribution is 5.85. The van der Waals surface area contributed by atoms with E-state index in [4.69, 9.17) is 4.74 Å². The molecule has 0 saturated carbocycles. The summed E-state index contributed by atoms with van der Waals surface area (Å²) >= 11 is 0. The highest BCUT2D eigenvalue weighted by Gasteiger charge is 2.42. The molecular formula is C19H29ClN2O2. The number of amides is 1. The van der Waals surface area contributed by atoms with Crippen molar-refractivity contribution >= 4 is 18.3 Å². The molecule has 1 aromatic rings. The largest absolute Gasteiger partial charge is 0.368 e. The standard InChI is InChI=1S/C19H28N2O2.ClH/c1-16-14-21(17(2)22)15-19(23-16)9-12-20(13-10-19)11-8-18-6-4-3-5-7-18;/h3-7,16H,8-15H2,1-2H3;1H. The van der Waals surface area contributed by atoms with Crippen molar-refractivity contribution in [1.29, 1.82) is 0 Å². The first-order valence-corrected chi connectivity index (χ1v) is 8.76. The normalized spacial score (nSPS) is 23.8. The fourth-order valence-corrected chi connectivity index (χ4v) is 3.86. The molecule has 3 rings (SSSR count). The fourth-order valence-electron chi connectivity index (χ4n) is 3.86. The Morgan fingerprint density at radius 2 is 1.92 bits per heavy atom. The highest BCUT2D eigenvalue weighted by Crippen LogP contribution is 2.32. The Hall–Kier alpha value is -1.10. The SMILES string of the molecule is CC(=O)N1CC(C)OC2(CCN(CCc3ccccc3)CC2)C1.Cl. The summed E-state index contributed by atoms with van der Waals surface area (Å²) in [5, 5.41) is 0. The Morgan fingerprint density at radius 3 is 2.54 bits per heavy atom. The van der Waals surface area contributed by atoms with E-state index < -0.39 is 0 Å². The van der Waals surface area contributed by atoms with Crippen molar-refractivity contribution in [2.24, 2.45) is 0 Å². The molecule has 134 valence electrons. The van der Waals surface area contributed by atoms with E-state index in [1.54, 1.807) is 6.92 Å². The molecule has 5 heteroatoms. The molecule has 2 fully saturated rings. The van der Waals surface area contributed by atoms with Gasteiger partial charge in [0.1, 0.15) is 0 Å². The maximum atomic E-state index is 11.8. The molecule has 1 amide bonds. The predicted molar refractivity (Wildman–Crippen MR) is 98.6 cm³/mol. The first kappa shape index (κ1) is 19.2. The summed E-state index contributed by atoms with van der Waals surface area (Å²) in [7, 11) is 0. The molecule has 0 aliphatic carbocycles. The predicted octanol–water partition coefficient (Wildman–Crippen LogP) is 2.75. The van der Waals surface area contributed by atoms with Gasteiger partial charge in [-0.3, -0.25) is 4.79 Å². The van der Waals surface area contributed by atoms with Crippen molar-refractivity contribution in [2.45, 2.75) is 44.8 Å². The number of morpholine rings is 1. The van der Waals surface area contributed by atoms with Gasteiger partial charge in [-0.1, -0.05) is 30.3 Å². The molecule has 1 atom stereocenters. The molecular weight excluding hydrogens is 324 g/mol. The van der Waals surface area contributed by atoms with Crippen molar-refractivity contribution in [3.8, 4) is 0 Å². The van der Waals surface area contributed by atoms with Gasteiger partial charge >= 0.3 is 0 Å². The number of carbonyl (C=O) groups is 1. The molecule has 2 heterocycles. The third-order valence-corrected chi connectivity index (χ3v) is 5.18. The molecule has 2 aliphatic heterocycles. The summed E-state index contributed by atoms with van der Waals surface area (Å²) in [6.45, 7) is 8.47. The Labute approximate surface area is 151 Å². The van der Waals surface area contributed by atoms with E-state index in [9.17, 15) is 4.79 Å². The van der Waals surface area contributed by atoms with Gasteiger partial charge in [0.05, 0.1) is 11.7 Å². The number of likely N-dealkylation sites (tertiary alicyclic amines) is 1. The van der Waals surface area contributed by atoms with Gasteiger partial charge in [0, 0.05) is 39.6 Å². The highest BCUT2D eigenvalue weighted by atomic mass is 35.5. The molecule has 1 aromatic carbocycles. The van der Waals surface area contributed by atoms with Crippen LogP contribution in [0.2, 0.25) is 0 Å². The van der Waals surface area contributed by atoms with Crippen LogP contribution in [0, 0.1) is 0 Å². The topological polar surface area (TPSA) is 32.8 Å². The third kappa shape index (κ3) is 4.71. The molecule has 0 radical (unpaired) electrons. The number of hydrogen-bond donors (Lipinski definition) is 0. The van der Waals surface area contributed by atoms with Crippen LogP contribution in [0.4, 0.5) is 0 Å². The molecule has 4 nitrogen and oxygen atoms in total. The molecule has 24 heavy (non-hydrogen) atoms. The second-order valence-electron chi connectivity index (χ2n) is 7.09. The number of carbonyl (C=O) groups excluding carboxylic acids is 1. The first-order chi connectivity index (χ1) is 11.1. The van der Waals surface area contributed by atoms with Crippen molar-refractivity contribution in [3.63, 3.8) is 0 Å². The van der Waals surface area contributed by atoms with Crippen LogP contribution < -0.4 is 0 Å². The van der Waals surface area contributed by atoms with E-state index in [-0.39, 0.29) is 30.0 Å². The monoisotopic (exact) mass is 352 g/mol. The quantitative estimate of drug-likeness (QED) is 0.838. The summed E-state index contributed by atoms with van der Waals surface area (Å²) in [6.07, 6.45) is 3.29. The van der Waals surface area contributed by atoms with Crippen LogP contribution in [0.3, 0.4) is 0 Å². The lowest BCUT2D eigenvalue weighted by atomic mass is 9.88. The summed E-state index contributed by atoms with van der Waals surface area (Å²) in [6, 6.07) is 10.7. The van der Waals surface area contributed by atoms with Crippen molar-refractivity contribution in [3.05, 3.63) is 35.9 Å². The van der Waals surface area contributed by atoms with Crippen LogP contribution in [0.5, 0.6) is 0 Å². The molecule has 0 aromatic heterocycles. The van der Waals surface area contributed by atoms with Gasteiger partial charge in [-0.25, -0.2) is 0 Å². The first-order valence-electron chi connectivity index (χ1n) is 8.76. The maximum absolute atomic E-state index is 11.8. The molecule has 2 saturated heterocycles. The lowest BCUT2D eigenvalue weighted by Crippen LogP contribution is -2.60. The Kier molecular flexibility index (Phi) is 6.67. The number of benzene rings is 1. The van der Waals surface area contributed by atoms with E-state index in [0.29, 0.717) is 0 Å². The fraction of sp³-hybridized carbons (Fsp3) is 0.632. The zero-order chi connectivity index (χ0) is 16.3. The summed E-state index contributed by atoms with van der Waals surface area (Å²) in [5.41, 5.74) is 1.28. The van der Waals surface area contributed by atoms with Crippen LogP contribution in [-0.4, -0.2) is 60.1 Å². The number of rotatable bonds is 3. The van der Waals surface area contributed by atoms with Crippen LogP contribution in [0.1, 0.15) is 32.3 Å². The second kappa shape index (κ2) is 8.32. The lowest BCUT2D eigenvalue weighted by Gasteiger charge is -2.49. The van der Waals surface area contributed by atoms with Crippen LogP contribution in [-0.2, 0) is 16.0 Å². The molecule has 0 N–H and O–H groups in total.